The molecule has 0 saturated carbocycles. The first kappa shape index (κ1) is 12.9. The van der Waals surface area contributed by atoms with E-state index in [1.165, 1.54) is 6.42 Å². The molecular formula is C14H21N3O. The van der Waals surface area contributed by atoms with Gasteiger partial charge in [-0.3, -0.25) is 9.78 Å². The van der Waals surface area contributed by atoms with Crippen molar-refractivity contribution in [2.45, 2.75) is 33.1 Å². The van der Waals surface area contributed by atoms with Gasteiger partial charge in [-0.15, -0.1) is 0 Å². The molecule has 1 aliphatic rings. The summed E-state index contributed by atoms with van der Waals surface area (Å²) in [6.07, 6.45) is 6.47. The van der Waals surface area contributed by atoms with Crippen LogP contribution in [0.4, 0.5) is 5.69 Å². The molecule has 2 rings (SSSR count). The normalized spacial score (nSPS) is 18.7. The smallest absolute Gasteiger partial charge is 0.257 e. The first-order valence-corrected chi connectivity index (χ1v) is 6.54. The molecule has 2 heterocycles. The third kappa shape index (κ3) is 2.47. The zero-order valence-electron chi connectivity index (χ0n) is 11.1. The summed E-state index contributed by atoms with van der Waals surface area (Å²) in [5, 5.41) is 0. The molecule has 0 atom stereocenters. The molecule has 1 amide bonds. The van der Waals surface area contributed by atoms with Crippen LogP contribution in [0, 0.1) is 5.41 Å². The van der Waals surface area contributed by atoms with Crippen LogP contribution >= 0.6 is 0 Å². The number of nitrogens with two attached hydrogens (primary N) is 1. The van der Waals surface area contributed by atoms with Crippen LogP contribution in [0.15, 0.2) is 18.5 Å². The van der Waals surface area contributed by atoms with Gasteiger partial charge < -0.3 is 10.6 Å². The second kappa shape index (κ2) is 4.96. The van der Waals surface area contributed by atoms with Crippen LogP contribution in [-0.2, 0) is 0 Å². The number of pyridine rings is 1. The highest BCUT2D eigenvalue weighted by atomic mass is 16.2. The maximum Gasteiger partial charge on any atom is 0.257 e. The SMILES string of the molecule is CCC1(C)CCN(C(=O)c2cnccc2N)CC1. The Kier molecular flexibility index (Phi) is 3.55. The van der Waals surface area contributed by atoms with Crippen LogP contribution in [0.1, 0.15) is 43.5 Å². The van der Waals surface area contributed by atoms with Crippen molar-refractivity contribution < 1.29 is 4.79 Å². The molecule has 4 heteroatoms. The highest BCUT2D eigenvalue weighted by molar-refractivity contribution is 5.98. The predicted molar refractivity (Wildman–Crippen MR) is 72.2 cm³/mol. The molecule has 98 valence electrons. The number of amides is 1. The lowest BCUT2D eigenvalue weighted by Crippen LogP contribution is -2.42. The summed E-state index contributed by atoms with van der Waals surface area (Å²) >= 11 is 0. The lowest BCUT2D eigenvalue weighted by molar-refractivity contribution is 0.0601. The first-order chi connectivity index (χ1) is 8.56. The molecule has 0 spiro atoms. The quantitative estimate of drug-likeness (QED) is 0.872. The zero-order valence-corrected chi connectivity index (χ0v) is 11.1. The van der Waals surface area contributed by atoms with Crippen molar-refractivity contribution in [1.29, 1.82) is 0 Å². The number of carbonyl (C=O) groups excluding carboxylic acids is 1. The van der Waals surface area contributed by atoms with E-state index in [0.29, 0.717) is 16.7 Å². The van der Waals surface area contributed by atoms with Gasteiger partial charge in [-0.25, -0.2) is 0 Å². The third-order valence-electron chi connectivity index (χ3n) is 4.20. The monoisotopic (exact) mass is 247 g/mol. The molecule has 0 radical (unpaired) electrons. The van der Waals surface area contributed by atoms with Crippen molar-refractivity contribution in [3.63, 3.8) is 0 Å². The molecule has 1 saturated heterocycles. The molecule has 2 N–H and O–H groups in total. The van der Waals surface area contributed by atoms with E-state index in [0.717, 1.165) is 25.9 Å². The number of rotatable bonds is 2. The Bertz CT molecular complexity index is 436. The Morgan fingerprint density at radius 3 is 2.72 bits per heavy atom. The Hall–Kier alpha value is -1.58. The van der Waals surface area contributed by atoms with E-state index >= 15 is 0 Å². The number of anilines is 1. The molecular weight excluding hydrogens is 226 g/mol. The number of likely N-dealkylation sites (tertiary alicyclic amines) is 1. The molecule has 18 heavy (non-hydrogen) atoms. The number of hydrogen-bond donors (Lipinski definition) is 1. The Labute approximate surface area is 108 Å². The van der Waals surface area contributed by atoms with Gasteiger partial charge in [0.1, 0.15) is 0 Å². The fraction of sp³-hybridized carbons (Fsp3) is 0.571. The van der Waals surface area contributed by atoms with Crippen molar-refractivity contribution in [1.82, 2.24) is 9.88 Å². The van der Waals surface area contributed by atoms with Crippen LogP contribution in [0.25, 0.3) is 0 Å². The fourth-order valence-corrected chi connectivity index (χ4v) is 2.36. The molecule has 0 aliphatic carbocycles. The lowest BCUT2D eigenvalue weighted by Gasteiger charge is -2.39. The summed E-state index contributed by atoms with van der Waals surface area (Å²) < 4.78 is 0. The Balaban J connectivity index is 2.07. The van der Waals surface area contributed by atoms with Gasteiger partial charge in [0.15, 0.2) is 0 Å². The highest BCUT2D eigenvalue weighted by Crippen LogP contribution is 2.34. The maximum atomic E-state index is 12.3. The van der Waals surface area contributed by atoms with E-state index in [-0.39, 0.29) is 5.91 Å². The zero-order chi connectivity index (χ0) is 13.2. The molecule has 0 unspecified atom stereocenters. The van der Waals surface area contributed by atoms with Gasteiger partial charge in [0.05, 0.1) is 5.56 Å². The van der Waals surface area contributed by atoms with Gasteiger partial charge >= 0.3 is 0 Å². The number of nitrogens with zero attached hydrogens (tertiary/aromatic N) is 2. The van der Waals surface area contributed by atoms with Crippen molar-refractivity contribution in [3.05, 3.63) is 24.0 Å². The van der Waals surface area contributed by atoms with Gasteiger partial charge in [-0.05, 0) is 24.3 Å². The molecule has 1 aliphatic heterocycles. The van der Waals surface area contributed by atoms with Crippen molar-refractivity contribution in [2.75, 3.05) is 18.8 Å². The van der Waals surface area contributed by atoms with Crippen LogP contribution in [0.5, 0.6) is 0 Å². The summed E-state index contributed by atoms with van der Waals surface area (Å²) in [7, 11) is 0. The largest absolute Gasteiger partial charge is 0.398 e. The highest BCUT2D eigenvalue weighted by Gasteiger charge is 2.31. The van der Waals surface area contributed by atoms with E-state index in [1.54, 1.807) is 18.5 Å². The molecule has 1 aromatic rings. The third-order valence-corrected chi connectivity index (χ3v) is 4.20. The number of nitrogen functional groups attached to an aromatic ring is 1. The van der Waals surface area contributed by atoms with Gasteiger partial charge in [-0.2, -0.15) is 0 Å². The lowest BCUT2D eigenvalue weighted by atomic mass is 9.78. The summed E-state index contributed by atoms with van der Waals surface area (Å²) in [4.78, 5) is 18.2. The van der Waals surface area contributed by atoms with E-state index in [9.17, 15) is 4.79 Å². The van der Waals surface area contributed by atoms with Crippen LogP contribution in [0.3, 0.4) is 0 Å². The molecule has 1 fully saturated rings. The summed E-state index contributed by atoms with van der Waals surface area (Å²) in [5.41, 5.74) is 7.24. The van der Waals surface area contributed by atoms with Crippen LogP contribution in [0.2, 0.25) is 0 Å². The van der Waals surface area contributed by atoms with Gasteiger partial charge in [0, 0.05) is 31.2 Å². The molecule has 4 nitrogen and oxygen atoms in total. The standard InChI is InChI=1S/C14H21N3O/c1-3-14(2)5-8-17(9-6-14)13(18)11-10-16-7-4-12(11)15/h4,7,10H,3,5-6,8-9H2,1-2H3,(H2,15,16). The number of aromatic nitrogens is 1. The number of hydrogen-bond acceptors (Lipinski definition) is 3. The molecule has 0 bridgehead atoms. The summed E-state index contributed by atoms with van der Waals surface area (Å²) in [5.74, 6) is 0.0127. The van der Waals surface area contributed by atoms with E-state index in [2.05, 4.69) is 18.8 Å². The van der Waals surface area contributed by atoms with E-state index in [1.807, 2.05) is 4.90 Å². The van der Waals surface area contributed by atoms with Gasteiger partial charge in [0.25, 0.3) is 5.91 Å². The number of piperidine rings is 1. The second-order valence-electron chi connectivity index (χ2n) is 5.42. The van der Waals surface area contributed by atoms with Crippen molar-refractivity contribution in [3.8, 4) is 0 Å². The average Bonchev–Trinajstić information content (AvgIpc) is 2.39. The minimum Gasteiger partial charge on any atom is -0.398 e. The van der Waals surface area contributed by atoms with Gasteiger partial charge in [0.2, 0.25) is 0 Å². The maximum absolute atomic E-state index is 12.3. The summed E-state index contributed by atoms with van der Waals surface area (Å²) in [6, 6.07) is 1.67. The Morgan fingerprint density at radius 1 is 1.50 bits per heavy atom. The average molecular weight is 247 g/mol. The minimum absolute atomic E-state index is 0.0127. The Morgan fingerprint density at radius 2 is 2.17 bits per heavy atom. The van der Waals surface area contributed by atoms with Gasteiger partial charge in [-0.1, -0.05) is 20.3 Å². The fourth-order valence-electron chi connectivity index (χ4n) is 2.36. The van der Waals surface area contributed by atoms with Crippen molar-refractivity contribution in [2.24, 2.45) is 5.41 Å². The van der Waals surface area contributed by atoms with Crippen molar-refractivity contribution >= 4 is 11.6 Å². The molecule has 0 aromatic carbocycles. The van der Waals surface area contributed by atoms with Crippen LogP contribution < -0.4 is 5.73 Å². The number of carbonyl (C=O) groups is 1. The first-order valence-electron chi connectivity index (χ1n) is 6.54. The van der Waals surface area contributed by atoms with Crippen LogP contribution in [-0.4, -0.2) is 28.9 Å². The minimum atomic E-state index is 0.0127. The summed E-state index contributed by atoms with van der Waals surface area (Å²) in [6.45, 7) is 6.15. The topological polar surface area (TPSA) is 59.2 Å². The predicted octanol–water partition coefficient (Wildman–Crippen LogP) is 2.32. The van der Waals surface area contributed by atoms with E-state index < -0.39 is 0 Å². The molecule has 1 aromatic heterocycles. The second-order valence-corrected chi connectivity index (χ2v) is 5.42. The van der Waals surface area contributed by atoms with E-state index in [4.69, 9.17) is 5.73 Å².